The van der Waals surface area contributed by atoms with Crippen LogP contribution in [-0.4, -0.2) is 45.6 Å². The van der Waals surface area contributed by atoms with Crippen molar-refractivity contribution in [1.29, 1.82) is 0 Å². The lowest BCUT2D eigenvalue weighted by Crippen LogP contribution is -2.26. The van der Waals surface area contributed by atoms with Crippen LogP contribution in [0.1, 0.15) is 55.7 Å². The molecule has 5 nitrogen and oxygen atoms in total. The number of hydrogen-bond acceptors (Lipinski definition) is 4. The molecule has 1 aromatic carbocycles. The Balaban J connectivity index is 1.60. The van der Waals surface area contributed by atoms with E-state index in [1.807, 2.05) is 12.1 Å². The number of halogens is 2. The molecule has 27 heavy (non-hydrogen) atoms. The zero-order valence-electron chi connectivity index (χ0n) is 15.9. The molecular weight excluding hydrogens is 367 g/mol. The van der Waals surface area contributed by atoms with E-state index in [1.54, 1.807) is 6.92 Å². The summed E-state index contributed by atoms with van der Waals surface area (Å²) in [5, 5.41) is 9.83. The molecule has 1 unspecified atom stereocenters. The topological polar surface area (TPSA) is 43.2 Å². The van der Waals surface area contributed by atoms with Crippen LogP contribution in [0.5, 0.6) is 0 Å². The predicted molar refractivity (Wildman–Crippen MR) is 103 cm³/mol. The summed E-state index contributed by atoms with van der Waals surface area (Å²) in [6.07, 6.45) is 3.68. The maximum absolute atomic E-state index is 12.7. The fourth-order valence-electron chi connectivity index (χ4n) is 4.27. The maximum Gasteiger partial charge on any atom is 0.151 e. The molecule has 1 atom stereocenters. The third kappa shape index (κ3) is 3.89. The zero-order chi connectivity index (χ0) is 19.0. The second-order valence-electron chi connectivity index (χ2n) is 7.83. The van der Waals surface area contributed by atoms with Gasteiger partial charge >= 0.3 is 0 Å². The number of hydrogen-bond donors (Lipinski definition) is 0. The number of aromatic nitrogens is 3. The van der Waals surface area contributed by atoms with Gasteiger partial charge in [-0.3, -0.25) is 9.47 Å². The Morgan fingerprint density at radius 2 is 2.00 bits per heavy atom. The summed E-state index contributed by atoms with van der Waals surface area (Å²) in [5.74, 6) is 2.34. The number of rotatable bonds is 4. The van der Waals surface area contributed by atoms with Gasteiger partial charge in [0.15, 0.2) is 5.82 Å². The SMILES string of the molecule is CC(CF)OC1CCC(c2nnc3n2-c2ccc(Cl)cc2CN(C)C3)CC1. The van der Waals surface area contributed by atoms with Gasteiger partial charge in [-0.05, 0) is 63.4 Å². The molecule has 1 aliphatic carbocycles. The zero-order valence-corrected chi connectivity index (χ0v) is 16.6. The molecule has 0 spiro atoms. The molecule has 146 valence electrons. The van der Waals surface area contributed by atoms with Gasteiger partial charge in [0.1, 0.15) is 12.5 Å². The molecule has 0 amide bonds. The third-order valence-corrected chi connectivity index (χ3v) is 5.81. The average molecular weight is 393 g/mol. The fraction of sp³-hybridized carbons (Fsp3) is 0.600. The van der Waals surface area contributed by atoms with Crippen molar-refractivity contribution in [3.63, 3.8) is 0 Å². The van der Waals surface area contributed by atoms with E-state index in [0.29, 0.717) is 5.92 Å². The Bertz CT molecular complexity index is 803. The van der Waals surface area contributed by atoms with Crippen molar-refractivity contribution in [3.05, 3.63) is 40.4 Å². The van der Waals surface area contributed by atoms with Crippen LogP contribution in [0.4, 0.5) is 4.39 Å². The average Bonchev–Trinajstić information content (AvgIpc) is 2.99. The van der Waals surface area contributed by atoms with Gasteiger partial charge in [0.05, 0.1) is 24.4 Å². The Morgan fingerprint density at radius 3 is 2.74 bits per heavy atom. The molecule has 2 aliphatic rings. The molecule has 0 radical (unpaired) electrons. The van der Waals surface area contributed by atoms with E-state index in [9.17, 15) is 4.39 Å². The first kappa shape index (κ1) is 18.8. The van der Waals surface area contributed by atoms with Crippen LogP contribution < -0.4 is 0 Å². The van der Waals surface area contributed by atoms with Gasteiger partial charge < -0.3 is 4.74 Å². The minimum absolute atomic E-state index is 0.149. The molecule has 1 saturated carbocycles. The van der Waals surface area contributed by atoms with Gasteiger partial charge in [0.25, 0.3) is 0 Å². The van der Waals surface area contributed by atoms with E-state index in [0.717, 1.165) is 61.1 Å². The summed E-state index contributed by atoms with van der Waals surface area (Å²) in [4.78, 5) is 2.23. The summed E-state index contributed by atoms with van der Waals surface area (Å²) >= 11 is 6.24. The Labute approximate surface area is 164 Å². The Hall–Kier alpha value is -1.50. The minimum Gasteiger partial charge on any atom is -0.373 e. The summed E-state index contributed by atoms with van der Waals surface area (Å²) < 4.78 is 20.7. The van der Waals surface area contributed by atoms with Crippen LogP contribution in [0, 0.1) is 0 Å². The third-order valence-electron chi connectivity index (χ3n) is 5.57. The number of alkyl halides is 1. The van der Waals surface area contributed by atoms with Crippen LogP contribution >= 0.6 is 11.6 Å². The Kier molecular flexibility index (Phi) is 5.48. The van der Waals surface area contributed by atoms with Gasteiger partial charge in [0.2, 0.25) is 0 Å². The molecule has 7 heteroatoms. The van der Waals surface area contributed by atoms with E-state index in [-0.39, 0.29) is 12.2 Å². The maximum atomic E-state index is 12.7. The van der Waals surface area contributed by atoms with Crippen LogP contribution in [0.25, 0.3) is 5.69 Å². The van der Waals surface area contributed by atoms with E-state index in [4.69, 9.17) is 16.3 Å². The lowest BCUT2D eigenvalue weighted by Gasteiger charge is -2.29. The van der Waals surface area contributed by atoms with Crippen molar-refractivity contribution in [3.8, 4) is 5.69 Å². The van der Waals surface area contributed by atoms with Crippen molar-refractivity contribution >= 4 is 11.6 Å². The van der Waals surface area contributed by atoms with E-state index >= 15 is 0 Å². The van der Waals surface area contributed by atoms with Crippen molar-refractivity contribution in [2.24, 2.45) is 0 Å². The second kappa shape index (κ2) is 7.86. The van der Waals surface area contributed by atoms with Crippen molar-refractivity contribution in [1.82, 2.24) is 19.7 Å². The molecule has 0 saturated heterocycles. The minimum atomic E-state index is -0.426. The molecule has 1 fully saturated rings. The summed E-state index contributed by atoms with van der Waals surface area (Å²) in [5.41, 5.74) is 2.32. The van der Waals surface area contributed by atoms with Crippen molar-refractivity contribution in [2.45, 2.75) is 63.8 Å². The molecule has 1 aromatic heterocycles. The van der Waals surface area contributed by atoms with Gasteiger partial charge in [-0.1, -0.05) is 11.6 Å². The van der Waals surface area contributed by atoms with Crippen molar-refractivity contribution in [2.75, 3.05) is 13.7 Å². The van der Waals surface area contributed by atoms with E-state index in [2.05, 4.69) is 32.8 Å². The number of ether oxygens (including phenoxy) is 1. The van der Waals surface area contributed by atoms with Crippen LogP contribution in [-0.2, 0) is 17.8 Å². The molecule has 2 aromatic rings. The number of benzene rings is 1. The highest BCUT2D eigenvalue weighted by atomic mass is 35.5. The highest BCUT2D eigenvalue weighted by molar-refractivity contribution is 6.30. The van der Waals surface area contributed by atoms with Crippen LogP contribution in [0.3, 0.4) is 0 Å². The van der Waals surface area contributed by atoms with E-state index in [1.165, 1.54) is 5.56 Å². The van der Waals surface area contributed by atoms with Crippen LogP contribution in [0.15, 0.2) is 18.2 Å². The number of fused-ring (bicyclic) bond motifs is 3. The van der Waals surface area contributed by atoms with Crippen LogP contribution in [0.2, 0.25) is 5.02 Å². The van der Waals surface area contributed by atoms with Crippen molar-refractivity contribution < 1.29 is 9.13 Å². The normalized spacial score (nSPS) is 24.1. The van der Waals surface area contributed by atoms with E-state index < -0.39 is 6.67 Å². The molecule has 0 N–H and O–H groups in total. The molecular formula is C20H26ClFN4O. The first-order chi connectivity index (χ1) is 13.0. The molecule has 0 bridgehead atoms. The smallest absolute Gasteiger partial charge is 0.151 e. The van der Waals surface area contributed by atoms with Gasteiger partial charge in [-0.15, -0.1) is 10.2 Å². The monoisotopic (exact) mass is 392 g/mol. The largest absolute Gasteiger partial charge is 0.373 e. The molecule has 1 aliphatic heterocycles. The highest BCUT2D eigenvalue weighted by Gasteiger charge is 2.30. The summed E-state index contributed by atoms with van der Waals surface area (Å²) in [6, 6.07) is 6.04. The Morgan fingerprint density at radius 1 is 1.22 bits per heavy atom. The summed E-state index contributed by atoms with van der Waals surface area (Å²) in [6.45, 7) is 2.96. The van der Waals surface area contributed by atoms with Gasteiger partial charge in [0, 0.05) is 17.5 Å². The molecule has 2 heterocycles. The quantitative estimate of drug-likeness (QED) is 0.779. The number of nitrogens with zero attached hydrogens (tertiary/aromatic N) is 4. The lowest BCUT2D eigenvalue weighted by atomic mass is 9.86. The lowest BCUT2D eigenvalue weighted by molar-refractivity contribution is -0.0331. The second-order valence-corrected chi connectivity index (χ2v) is 8.27. The standard InChI is InChI=1S/C20H26ClFN4O/c1-13(10-22)27-17-6-3-14(4-7-17)20-24-23-19-12-25(2)11-15-9-16(21)5-8-18(15)26(19)20/h5,8-9,13-14,17H,3-4,6-7,10-12H2,1-2H3. The first-order valence-corrected chi connectivity index (χ1v) is 10.1. The van der Waals surface area contributed by atoms with Gasteiger partial charge in [-0.25, -0.2) is 4.39 Å². The fourth-order valence-corrected chi connectivity index (χ4v) is 4.46. The predicted octanol–water partition coefficient (Wildman–Crippen LogP) is 4.27. The van der Waals surface area contributed by atoms with Gasteiger partial charge in [-0.2, -0.15) is 0 Å². The highest BCUT2D eigenvalue weighted by Crippen LogP contribution is 2.36. The molecule has 4 rings (SSSR count). The summed E-state index contributed by atoms with van der Waals surface area (Å²) in [7, 11) is 2.09. The first-order valence-electron chi connectivity index (χ1n) is 9.68.